The van der Waals surface area contributed by atoms with Crippen LogP contribution in [-0.2, 0) is 0 Å². The van der Waals surface area contributed by atoms with Gasteiger partial charge < -0.3 is 10.6 Å². The van der Waals surface area contributed by atoms with E-state index >= 15 is 0 Å². The predicted octanol–water partition coefficient (Wildman–Crippen LogP) is 3.74. The van der Waals surface area contributed by atoms with Crippen LogP contribution in [0, 0.1) is 5.41 Å². The molecule has 1 heterocycles. The van der Waals surface area contributed by atoms with Crippen molar-refractivity contribution in [1.82, 2.24) is 4.98 Å². The molecule has 1 aromatic carbocycles. The van der Waals surface area contributed by atoms with Crippen LogP contribution < -0.4 is 10.6 Å². The largest absolute Gasteiger partial charge is 0.389 e. The summed E-state index contributed by atoms with van der Waals surface area (Å²) in [6, 6.07) is 10.4. The van der Waals surface area contributed by atoms with Gasteiger partial charge in [0.1, 0.15) is 10.8 Å². The molecule has 0 saturated carbocycles. The Kier molecular flexibility index (Phi) is 4.19. The van der Waals surface area contributed by atoms with Crippen molar-refractivity contribution in [3.8, 4) is 0 Å². The van der Waals surface area contributed by atoms with E-state index in [4.69, 9.17) is 22.9 Å². The Morgan fingerprint density at radius 1 is 1.29 bits per heavy atom. The van der Waals surface area contributed by atoms with Crippen LogP contribution in [0.25, 0.3) is 10.9 Å². The van der Waals surface area contributed by atoms with E-state index in [0.29, 0.717) is 11.0 Å². The Hall–Kier alpha value is -1.68. The molecule has 4 heteroatoms. The first-order chi connectivity index (χ1) is 9.71. The van der Waals surface area contributed by atoms with Gasteiger partial charge in [0.15, 0.2) is 0 Å². The molecule has 0 amide bonds. The number of thiocarbonyl (C=S) groups is 1. The highest BCUT2D eigenvalue weighted by atomic mass is 32.1. The molecule has 2 N–H and O–H groups in total. The van der Waals surface area contributed by atoms with Crippen LogP contribution in [0.1, 0.15) is 33.3 Å². The minimum Gasteiger partial charge on any atom is -0.389 e. The summed E-state index contributed by atoms with van der Waals surface area (Å²) in [4.78, 5) is 7.34. The Morgan fingerprint density at radius 3 is 2.48 bits per heavy atom. The van der Waals surface area contributed by atoms with Crippen LogP contribution >= 0.6 is 12.2 Å². The van der Waals surface area contributed by atoms with Gasteiger partial charge in [-0.3, -0.25) is 0 Å². The molecular weight excluding hydrogens is 278 g/mol. The van der Waals surface area contributed by atoms with Gasteiger partial charge in [0, 0.05) is 18.5 Å². The fourth-order valence-corrected chi connectivity index (χ4v) is 2.47. The third-order valence-electron chi connectivity index (χ3n) is 4.14. The molecule has 3 nitrogen and oxygen atoms in total. The molecule has 0 aliphatic heterocycles. The van der Waals surface area contributed by atoms with E-state index in [1.54, 1.807) is 0 Å². The number of nitrogens with zero attached hydrogens (tertiary/aromatic N) is 2. The average molecular weight is 301 g/mol. The van der Waals surface area contributed by atoms with Crippen molar-refractivity contribution in [3.63, 3.8) is 0 Å². The Morgan fingerprint density at radius 2 is 1.90 bits per heavy atom. The Balaban J connectivity index is 2.60. The van der Waals surface area contributed by atoms with Gasteiger partial charge >= 0.3 is 0 Å². The van der Waals surface area contributed by atoms with Crippen molar-refractivity contribution < 1.29 is 0 Å². The quantitative estimate of drug-likeness (QED) is 0.877. The molecule has 2 rings (SSSR count). The van der Waals surface area contributed by atoms with Gasteiger partial charge in [-0.05, 0) is 24.5 Å². The molecule has 0 aliphatic carbocycles. The zero-order chi connectivity index (χ0) is 15.8. The number of benzene rings is 1. The number of anilines is 1. The number of hydrogen-bond acceptors (Lipinski definition) is 3. The molecule has 21 heavy (non-hydrogen) atoms. The lowest BCUT2D eigenvalue weighted by Crippen LogP contribution is -2.40. The van der Waals surface area contributed by atoms with Crippen molar-refractivity contribution in [2.75, 3.05) is 11.9 Å². The molecule has 0 bridgehead atoms. The van der Waals surface area contributed by atoms with Gasteiger partial charge in [-0.25, -0.2) is 4.98 Å². The number of fused-ring (bicyclic) bond motifs is 1. The van der Waals surface area contributed by atoms with Gasteiger partial charge in [-0.15, -0.1) is 0 Å². The number of nitrogens with two attached hydrogens (primary N) is 1. The number of rotatable bonds is 3. The number of aromatic nitrogens is 1. The zero-order valence-corrected chi connectivity index (χ0v) is 14.2. The first-order valence-corrected chi connectivity index (χ1v) is 7.55. The highest BCUT2D eigenvalue weighted by Crippen LogP contribution is 2.30. The van der Waals surface area contributed by atoms with E-state index in [1.807, 2.05) is 30.3 Å². The lowest BCUT2D eigenvalue weighted by molar-refractivity contribution is 0.328. The summed E-state index contributed by atoms with van der Waals surface area (Å²) in [6.07, 6.45) is 0. The first-order valence-electron chi connectivity index (χ1n) is 7.14. The summed E-state index contributed by atoms with van der Waals surface area (Å²) < 4.78 is 0. The minimum atomic E-state index is 0.134. The monoisotopic (exact) mass is 301 g/mol. The SMILES string of the molecule is CC(N(C)c1nc2ccccc2cc1C(N)=S)C(C)(C)C. The predicted molar refractivity (Wildman–Crippen MR) is 95.0 cm³/mol. The number of para-hydroxylation sites is 1. The molecule has 1 unspecified atom stereocenters. The van der Waals surface area contributed by atoms with E-state index in [1.165, 1.54) is 0 Å². The second-order valence-electron chi connectivity index (χ2n) is 6.57. The normalized spacial score (nSPS) is 13.2. The van der Waals surface area contributed by atoms with E-state index in [9.17, 15) is 0 Å². The number of hydrogen-bond donors (Lipinski definition) is 1. The van der Waals surface area contributed by atoms with Crippen molar-refractivity contribution in [2.24, 2.45) is 11.1 Å². The fraction of sp³-hybridized carbons (Fsp3) is 0.412. The summed E-state index contributed by atoms with van der Waals surface area (Å²) in [7, 11) is 2.05. The molecule has 1 atom stereocenters. The van der Waals surface area contributed by atoms with Crippen molar-refractivity contribution in [2.45, 2.75) is 33.7 Å². The molecule has 112 valence electrons. The zero-order valence-electron chi connectivity index (χ0n) is 13.3. The maximum absolute atomic E-state index is 5.92. The molecule has 0 saturated heterocycles. The Labute approximate surface area is 132 Å². The van der Waals surface area contributed by atoms with Crippen LogP contribution in [0.4, 0.5) is 5.82 Å². The molecule has 1 aromatic heterocycles. The van der Waals surface area contributed by atoms with Crippen LogP contribution in [0.3, 0.4) is 0 Å². The Bertz CT molecular complexity index is 673. The van der Waals surface area contributed by atoms with E-state index in [-0.39, 0.29) is 5.41 Å². The van der Waals surface area contributed by atoms with Crippen molar-refractivity contribution in [3.05, 3.63) is 35.9 Å². The van der Waals surface area contributed by atoms with Crippen LogP contribution in [0.15, 0.2) is 30.3 Å². The summed E-state index contributed by atoms with van der Waals surface area (Å²) >= 11 is 5.22. The van der Waals surface area contributed by atoms with Crippen molar-refractivity contribution >= 4 is 33.9 Å². The minimum absolute atomic E-state index is 0.134. The third-order valence-corrected chi connectivity index (χ3v) is 4.36. The van der Waals surface area contributed by atoms with Gasteiger partial charge in [-0.2, -0.15) is 0 Å². The maximum atomic E-state index is 5.92. The standard InChI is InChI=1S/C17H23N3S/c1-11(17(2,3)4)20(5)16-13(15(18)21)10-12-8-6-7-9-14(12)19-16/h6-11H,1-5H3,(H2,18,21). The van der Waals surface area contributed by atoms with Crippen LogP contribution in [0.5, 0.6) is 0 Å². The summed E-state index contributed by atoms with van der Waals surface area (Å²) in [5.74, 6) is 0.851. The topological polar surface area (TPSA) is 42.2 Å². The van der Waals surface area contributed by atoms with Crippen LogP contribution in [-0.4, -0.2) is 23.1 Å². The van der Waals surface area contributed by atoms with Gasteiger partial charge in [0.05, 0.1) is 11.1 Å². The molecule has 0 spiro atoms. The summed E-state index contributed by atoms with van der Waals surface area (Å²) in [5.41, 5.74) is 7.85. The molecular formula is C17H23N3S. The van der Waals surface area contributed by atoms with Crippen molar-refractivity contribution in [1.29, 1.82) is 0 Å². The smallest absolute Gasteiger partial charge is 0.139 e. The summed E-state index contributed by atoms with van der Waals surface area (Å²) in [6.45, 7) is 8.85. The first kappa shape index (κ1) is 15.7. The highest BCUT2D eigenvalue weighted by molar-refractivity contribution is 7.80. The van der Waals surface area contributed by atoms with E-state index in [2.05, 4.69) is 39.6 Å². The lowest BCUT2D eigenvalue weighted by Gasteiger charge is -2.37. The second-order valence-corrected chi connectivity index (χ2v) is 7.01. The molecule has 0 aliphatic rings. The van der Waals surface area contributed by atoms with Gasteiger partial charge in [0.2, 0.25) is 0 Å². The second kappa shape index (κ2) is 5.60. The van der Waals surface area contributed by atoms with Gasteiger partial charge in [0.25, 0.3) is 0 Å². The van der Waals surface area contributed by atoms with E-state index in [0.717, 1.165) is 22.3 Å². The highest BCUT2D eigenvalue weighted by Gasteiger charge is 2.26. The fourth-order valence-electron chi connectivity index (χ4n) is 2.32. The van der Waals surface area contributed by atoms with E-state index < -0.39 is 0 Å². The third kappa shape index (κ3) is 3.16. The number of pyridine rings is 1. The van der Waals surface area contributed by atoms with Crippen LogP contribution in [0.2, 0.25) is 0 Å². The van der Waals surface area contributed by atoms with Gasteiger partial charge in [-0.1, -0.05) is 51.2 Å². The molecule has 2 aromatic rings. The average Bonchev–Trinajstić information content (AvgIpc) is 2.43. The molecule has 0 fully saturated rings. The molecule has 0 radical (unpaired) electrons. The maximum Gasteiger partial charge on any atom is 0.139 e. The lowest BCUT2D eigenvalue weighted by atomic mass is 9.87. The summed E-state index contributed by atoms with van der Waals surface area (Å²) in [5, 5.41) is 1.06.